The summed E-state index contributed by atoms with van der Waals surface area (Å²) in [5, 5.41) is 0.0785. The molecule has 0 aliphatic heterocycles. The fraction of sp³-hybridized carbons (Fsp3) is 0.455. The van der Waals surface area contributed by atoms with E-state index in [0.29, 0.717) is 18.5 Å². The maximum absolute atomic E-state index is 11.8. The van der Waals surface area contributed by atoms with E-state index in [0.717, 1.165) is 0 Å². The molecule has 1 aromatic heterocycles. The minimum absolute atomic E-state index is 0.0785. The van der Waals surface area contributed by atoms with Crippen molar-refractivity contribution in [1.29, 1.82) is 0 Å². The lowest BCUT2D eigenvalue weighted by atomic mass is 10.2. The van der Waals surface area contributed by atoms with E-state index in [4.69, 9.17) is 16.0 Å². The Labute approximate surface area is 104 Å². The first-order valence-electron chi connectivity index (χ1n) is 5.11. The van der Waals surface area contributed by atoms with Gasteiger partial charge < -0.3 is 14.1 Å². The third kappa shape index (κ3) is 3.78. The summed E-state index contributed by atoms with van der Waals surface area (Å²) in [5.74, 6) is -0.513. The van der Waals surface area contributed by atoms with Crippen LogP contribution in [-0.4, -0.2) is 37.5 Å². The number of methoxy groups -OCH3 is 1. The molecule has 1 aromatic rings. The smallest absolute Gasteiger partial charge is 0.305 e. The van der Waals surface area contributed by atoms with Gasteiger partial charge in [-0.2, -0.15) is 0 Å². The van der Waals surface area contributed by atoms with E-state index in [2.05, 4.69) is 4.74 Å². The molecule has 0 aliphatic carbocycles. The lowest BCUT2D eigenvalue weighted by Gasteiger charge is -2.15. The number of esters is 1. The second-order valence-corrected chi connectivity index (χ2v) is 3.86. The zero-order valence-electron chi connectivity index (χ0n) is 9.73. The maximum Gasteiger partial charge on any atom is 0.305 e. The quantitative estimate of drug-likeness (QED) is 0.759. The third-order valence-electron chi connectivity index (χ3n) is 2.30. The van der Waals surface area contributed by atoms with Crippen LogP contribution in [0.4, 0.5) is 0 Å². The van der Waals surface area contributed by atoms with E-state index in [-0.39, 0.29) is 23.5 Å². The predicted octanol–water partition coefficient (Wildman–Crippen LogP) is 1.96. The van der Waals surface area contributed by atoms with Gasteiger partial charge in [-0.25, -0.2) is 0 Å². The lowest BCUT2D eigenvalue weighted by Crippen LogP contribution is -2.28. The fourth-order valence-electron chi connectivity index (χ4n) is 1.32. The van der Waals surface area contributed by atoms with Crippen LogP contribution in [0.15, 0.2) is 16.7 Å². The molecule has 0 fully saturated rings. The van der Waals surface area contributed by atoms with Crippen molar-refractivity contribution in [2.24, 2.45) is 0 Å². The van der Waals surface area contributed by atoms with Crippen LogP contribution in [0.25, 0.3) is 0 Å². The number of amides is 1. The van der Waals surface area contributed by atoms with Crippen LogP contribution in [0.1, 0.15) is 23.2 Å². The van der Waals surface area contributed by atoms with Gasteiger partial charge in [-0.3, -0.25) is 9.59 Å². The van der Waals surface area contributed by atoms with Gasteiger partial charge in [-0.15, -0.1) is 0 Å². The van der Waals surface area contributed by atoms with Crippen molar-refractivity contribution in [3.8, 4) is 0 Å². The average Bonchev–Trinajstić information content (AvgIpc) is 2.74. The summed E-state index contributed by atoms with van der Waals surface area (Å²) in [4.78, 5) is 24.2. The largest absolute Gasteiger partial charge is 0.469 e. The topological polar surface area (TPSA) is 59.8 Å². The summed E-state index contributed by atoms with van der Waals surface area (Å²) in [6.07, 6.45) is 2.19. The predicted molar refractivity (Wildman–Crippen MR) is 61.9 cm³/mol. The number of ether oxygens (including phenoxy) is 1. The van der Waals surface area contributed by atoms with Crippen molar-refractivity contribution < 1.29 is 18.7 Å². The molecule has 0 spiro atoms. The van der Waals surface area contributed by atoms with E-state index in [1.807, 2.05) is 0 Å². The van der Waals surface area contributed by atoms with Crippen molar-refractivity contribution >= 4 is 23.5 Å². The van der Waals surface area contributed by atoms with Crippen LogP contribution >= 0.6 is 11.6 Å². The zero-order chi connectivity index (χ0) is 12.8. The Morgan fingerprint density at radius 3 is 2.76 bits per heavy atom. The van der Waals surface area contributed by atoms with Crippen LogP contribution < -0.4 is 0 Å². The number of furan rings is 1. The SMILES string of the molecule is COC(=O)CCCN(C)C(=O)c1ccoc1Cl. The molecular weight excluding hydrogens is 246 g/mol. The summed E-state index contributed by atoms with van der Waals surface area (Å²) < 4.78 is 9.35. The molecule has 94 valence electrons. The van der Waals surface area contributed by atoms with Gasteiger partial charge in [0.2, 0.25) is 5.22 Å². The number of hydrogen-bond donors (Lipinski definition) is 0. The summed E-state index contributed by atoms with van der Waals surface area (Å²) in [6.45, 7) is 0.454. The Balaban J connectivity index is 2.43. The number of carbonyl (C=O) groups excluding carboxylic acids is 2. The van der Waals surface area contributed by atoms with Crippen molar-refractivity contribution in [2.45, 2.75) is 12.8 Å². The number of hydrogen-bond acceptors (Lipinski definition) is 4. The van der Waals surface area contributed by atoms with Gasteiger partial charge >= 0.3 is 5.97 Å². The number of halogens is 1. The molecule has 0 bridgehead atoms. The highest BCUT2D eigenvalue weighted by atomic mass is 35.5. The molecule has 0 aromatic carbocycles. The molecule has 1 rings (SSSR count). The molecular formula is C11H14ClNO4. The molecule has 0 unspecified atom stereocenters. The zero-order valence-corrected chi connectivity index (χ0v) is 10.5. The maximum atomic E-state index is 11.8. The summed E-state index contributed by atoms with van der Waals surface area (Å²) in [6, 6.07) is 1.52. The van der Waals surface area contributed by atoms with Gasteiger partial charge in [-0.1, -0.05) is 0 Å². The highest BCUT2D eigenvalue weighted by molar-refractivity contribution is 6.32. The summed E-state index contributed by atoms with van der Waals surface area (Å²) in [5.41, 5.74) is 0.326. The van der Waals surface area contributed by atoms with E-state index >= 15 is 0 Å². The Hall–Kier alpha value is -1.49. The molecule has 0 atom stereocenters. The van der Waals surface area contributed by atoms with E-state index in [9.17, 15) is 9.59 Å². The number of carbonyl (C=O) groups is 2. The third-order valence-corrected chi connectivity index (χ3v) is 2.59. The minimum Gasteiger partial charge on any atom is -0.469 e. The van der Waals surface area contributed by atoms with Crippen molar-refractivity contribution in [3.05, 3.63) is 23.1 Å². The van der Waals surface area contributed by atoms with Gasteiger partial charge in [0.25, 0.3) is 5.91 Å². The average molecular weight is 260 g/mol. The second-order valence-electron chi connectivity index (χ2n) is 3.51. The first-order valence-corrected chi connectivity index (χ1v) is 5.49. The molecule has 1 heterocycles. The highest BCUT2D eigenvalue weighted by Crippen LogP contribution is 2.18. The van der Waals surface area contributed by atoms with Crippen molar-refractivity contribution in [2.75, 3.05) is 20.7 Å². The monoisotopic (exact) mass is 259 g/mol. The minimum atomic E-state index is -0.285. The van der Waals surface area contributed by atoms with Crippen LogP contribution in [0, 0.1) is 0 Å². The Bertz CT molecular complexity index is 402. The molecule has 17 heavy (non-hydrogen) atoms. The molecule has 0 radical (unpaired) electrons. The van der Waals surface area contributed by atoms with E-state index < -0.39 is 0 Å². The molecule has 0 saturated carbocycles. The van der Waals surface area contributed by atoms with Crippen molar-refractivity contribution in [1.82, 2.24) is 4.90 Å². The molecule has 6 heteroatoms. The first-order chi connectivity index (χ1) is 8.06. The van der Waals surface area contributed by atoms with Crippen LogP contribution in [0.2, 0.25) is 5.22 Å². The fourth-order valence-corrected chi connectivity index (χ4v) is 1.51. The Morgan fingerprint density at radius 2 is 2.24 bits per heavy atom. The first kappa shape index (κ1) is 13.6. The van der Waals surface area contributed by atoms with E-state index in [1.165, 1.54) is 24.3 Å². The molecule has 0 aliphatic rings. The van der Waals surface area contributed by atoms with Gasteiger partial charge in [0.1, 0.15) is 0 Å². The van der Waals surface area contributed by atoms with Crippen LogP contribution in [0.3, 0.4) is 0 Å². The second kappa shape index (κ2) is 6.30. The van der Waals surface area contributed by atoms with Crippen molar-refractivity contribution in [3.63, 3.8) is 0 Å². The Morgan fingerprint density at radius 1 is 1.53 bits per heavy atom. The van der Waals surface area contributed by atoms with Gasteiger partial charge in [-0.05, 0) is 24.1 Å². The molecule has 0 N–H and O–H groups in total. The highest BCUT2D eigenvalue weighted by Gasteiger charge is 2.17. The molecule has 0 saturated heterocycles. The molecule has 1 amide bonds. The molecule has 5 nitrogen and oxygen atoms in total. The van der Waals surface area contributed by atoms with Crippen LogP contribution in [0.5, 0.6) is 0 Å². The van der Waals surface area contributed by atoms with Gasteiger partial charge in [0.15, 0.2) is 0 Å². The van der Waals surface area contributed by atoms with Gasteiger partial charge in [0.05, 0.1) is 18.9 Å². The summed E-state index contributed by atoms with van der Waals surface area (Å²) in [7, 11) is 2.98. The van der Waals surface area contributed by atoms with Crippen LogP contribution in [-0.2, 0) is 9.53 Å². The lowest BCUT2D eigenvalue weighted by molar-refractivity contribution is -0.140. The Kier molecular flexibility index (Phi) is 5.03. The number of nitrogens with zero attached hydrogens (tertiary/aromatic N) is 1. The van der Waals surface area contributed by atoms with Gasteiger partial charge in [0, 0.05) is 20.0 Å². The normalized spacial score (nSPS) is 10.1. The summed E-state index contributed by atoms with van der Waals surface area (Å²) >= 11 is 5.70. The van der Waals surface area contributed by atoms with E-state index in [1.54, 1.807) is 7.05 Å². The number of rotatable bonds is 5. The standard InChI is InChI=1S/C11H14ClNO4/c1-13(6-3-4-9(14)16-2)11(15)8-5-7-17-10(8)12/h5,7H,3-4,6H2,1-2H3.